The number of nitrogen functional groups attached to an aromatic ring is 1. The van der Waals surface area contributed by atoms with Gasteiger partial charge in [0.1, 0.15) is 5.76 Å². The van der Waals surface area contributed by atoms with Crippen molar-refractivity contribution in [3.8, 4) is 16.3 Å². The van der Waals surface area contributed by atoms with E-state index in [9.17, 15) is 4.39 Å². The molecule has 4 rings (SSSR count). The molecule has 0 fully saturated rings. The predicted molar refractivity (Wildman–Crippen MR) is 103 cm³/mol. The van der Waals surface area contributed by atoms with Crippen molar-refractivity contribution in [2.75, 3.05) is 26.0 Å². The summed E-state index contributed by atoms with van der Waals surface area (Å²) in [5, 5.41) is 0.860. The van der Waals surface area contributed by atoms with Gasteiger partial charge in [-0.15, -0.1) is 11.3 Å². The monoisotopic (exact) mass is 386 g/mol. The van der Waals surface area contributed by atoms with Crippen LogP contribution in [0.15, 0.2) is 41.8 Å². The van der Waals surface area contributed by atoms with Crippen LogP contribution in [-0.4, -0.2) is 29.8 Å². The predicted octanol–water partition coefficient (Wildman–Crippen LogP) is 2.19. The zero-order valence-corrected chi connectivity index (χ0v) is 15.6. The van der Waals surface area contributed by atoms with E-state index in [2.05, 4.69) is 9.98 Å². The Morgan fingerprint density at radius 3 is 3.04 bits per heavy atom. The molecule has 6 nitrogen and oxygen atoms in total. The number of nitrogens with zero attached hydrogens (tertiary/aromatic N) is 3. The van der Waals surface area contributed by atoms with Crippen molar-refractivity contribution in [2.24, 2.45) is 4.99 Å². The van der Waals surface area contributed by atoms with Gasteiger partial charge in [0, 0.05) is 44.6 Å². The van der Waals surface area contributed by atoms with Crippen LogP contribution in [0.2, 0.25) is 0 Å². The van der Waals surface area contributed by atoms with Crippen LogP contribution < -0.4 is 20.4 Å². The van der Waals surface area contributed by atoms with Crippen molar-refractivity contribution in [2.45, 2.75) is 13.0 Å². The minimum Gasteiger partial charge on any atom is -0.457 e. The molecule has 0 spiro atoms. The molecule has 27 heavy (non-hydrogen) atoms. The van der Waals surface area contributed by atoms with Crippen LogP contribution in [0.1, 0.15) is 6.42 Å². The second-order valence-corrected chi connectivity index (χ2v) is 7.21. The molecule has 0 atom stereocenters. The summed E-state index contributed by atoms with van der Waals surface area (Å²) in [6.07, 6.45) is 4.39. The summed E-state index contributed by atoms with van der Waals surface area (Å²) in [6.45, 7) is 1.98. The first-order chi connectivity index (χ1) is 13.1. The molecule has 2 N–H and O–H groups in total. The Kier molecular flexibility index (Phi) is 4.91. The highest BCUT2D eigenvalue weighted by Gasteiger charge is 2.15. The number of fused-ring (bicyclic) bond motifs is 1. The largest absolute Gasteiger partial charge is 0.457 e. The molecule has 1 aliphatic heterocycles. The Balaban J connectivity index is 1.68. The normalized spacial score (nSPS) is 13.3. The van der Waals surface area contributed by atoms with Gasteiger partial charge in [-0.3, -0.25) is 4.99 Å². The molecular formula is C19H19FN4O2S. The van der Waals surface area contributed by atoms with E-state index in [0.717, 1.165) is 32.8 Å². The van der Waals surface area contributed by atoms with Gasteiger partial charge < -0.3 is 19.8 Å². The second kappa shape index (κ2) is 7.50. The standard InChI is InChI=1S/C19H19FN4O2S/c1-25-7-6-24-10-15(23-11-24)18-9-14-19(27-18)17(4-5-22-14)26-16-3-2-12(21)8-13(16)20/h2-3,8-11H,4-7,21H2,1H3. The summed E-state index contributed by atoms with van der Waals surface area (Å²) in [6, 6.07) is 6.44. The van der Waals surface area contributed by atoms with Gasteiger partial charge in [-0.05, 0) is 18.2 Å². The van der Waals surface area contributed by atoms with E-state index in [1.54, 1.807) is 36.9 Å². The quantitative estimate of drug-likeness (QED) is 0.659. The fourth-order valence-electron chi connectivity index (χ4n) is 2.85. The zero-order valence-electron chi connectivity index (χ0n) is 14.8. The molecule has 0 amide bonds. The molecule has 140 valence electrons. The summed E-state index contributed by atoms with van der Waals surface area (Å²) >= 11 is 1.55. The zero-order chi connectivity index (χ0) is 18.8. The van der Waals surface area contributed by atoms with Gasteiger partial charge in [0.05, 0.1) is 33.4 Å². The Hall–Kier alpha value is -2.71. The molecule has 3 heterocycles. The van der Waals surface area contributed by atoms with E-state index in [1.807, 2.05) is 16.8 Å². The molecule has 1 aromatic carbocycles. The summed E-state index contributed by atoms with van der Waals surface area (Å²) in [5.41, 5.74) is 6.85. The van der Waals surface area contributed by atoms with Crippen LogP contribution in [0.3, 0.4) is 0 Å². The van der Waals surface area contributed by atoms with Gasteiger partial charge in [0.25, 0.3) is 0 Å². The van der Waals surface area contributed by atoms with E-state index >= 15 is 0 Å². The number of thiophene rings is 1. The number of halogens is 1. The highest BCUT2D eigenvalue weighted by atomic mass is 32.1. The van der Waals surface area contributed by atoms with Crippen LogP contribution in [0.5, 0.6) is 5.75 Å². The lowest BCUT2D eigenvalue weighted by Crippen LogP contribution is -2.28. The number of anilines is 1. The van der Waals surface area contributed by atoms with Gasteiger partial charge in [-0.1, -0.05) is 0 Å². The van der Waals surface area contributed by atoms with E-state index < -0.39 is 5.82 Å². The summed E-state index contributed by atoms with van der Waals surface area (Å²) < 4.78 is 28.0. The SMILES string of the molecule is COCCn1cnc(-c2cc3c(s2)=C(Oc2ccc(N)cc2F)CCN=3)c1. The minimum absolute atomic E-state index is 0.172. The van der Waals surface area contributed by atoms with Crippen LogP contribution in [0, 0.1) is 5.82 Å². The van der Waals surface area contributed by atoms with E-state index in [1.165, 1.54) is 6.07 Å². The number of imidazole rings is 1. The molecule has 0 saturated carbocycles. The van der Waals surface area contributed by atoms with Gasteiger partial charge in [0.15, 0.2) is 11.6 Å². The number of methoxy groups -OCH3 is 1. The lowest BCUT2D eigenvalue weighted by Gasteiger charge is -2.11. The molecule has 3 aromatic rings. The summed E-state index contributed by atoms with van der Waals surface area (Å²) in [7, 11) is 1.67. The minimum atomic E-state index is -0.472. The van der Waals surface area contributed by atoms with Crippen molar-refractivity contribution in [1.82, 2.24) is 9.55 Å². The Bertz CT molecular complexity index is 1090. The first-order valence-electron chi connectivity index (χ1n) is 8.55. The molecule has 0 bridgehead atoms. The van der Waals surface area contributed by atoms with Crippen LogP contribution in [0.4, 0.5) is 10.1 Å². The number of hydrogen-bond acceptors (Lipinski definition) is 6. The second-order valence-electron chi connectivity index (χ2n) is 6.16. The number of benzene rings is 1. The highest BCUT2D eigenvalue weighted by Crippen LogP contribution is 2.24. The fourth-order valence-corrected chi connectivity index (χ4v) is 3.94. The first kappa shape index (κ1) is 17.7. The molecule has 0 radical (unpaired) electrons. The number of nitrogens with two attached hydrogens (primary N) is 1. The molecule has 8 heteroatoms. The molecular weight excluding hydrogens is 367 g/mol. The fraction of sp³-hybridized carbons (Fsp3) is 0.263. The lowest BCUT2D eigenvalue weighted by molar-refractivity contribution is 0.187. The average molecular weight is 386 g/mol. The molecule has 0 unspecified atom stereocenters. The third kappa shape index (κ3) is 3.72. The summed E-state index contributed by atoms with van der Waals surface area (Å²) in [4.78, 5) is 10.0. The number of rotatable bonds is 6. The van der Waals surface area contributed by atoms with Crippen LogP contribution in [0.25, 0.3) is 16.3 Å². The van der Waals surface area contributed by atoms with Crippen LogP contribution in [-0.2, 0) is 11.3 Å². The third-order valence-corrected chi connectivity index (χ3v) is 5.40. The van der Waals surface area contributed by atoms with Crippen molar-refractivity contribution >= 4 is 22.8 Å². The maximum atomic E-state index is 14.1. The van der Waals surface area contributed by atoms with E-state index in [4.69, 9.17) is 15.2 Å². The van der Waals surface area contributed by atoms with Crippen LogP contribution >= 0.6 is 11.3 Å². The van der Waals surface area contributed by atoms with Gasteiger partial charge in [-0.25, -0.2) is 9.37 Å². The highest BCUT2D eigenvalue weighted by molar-refractivity contribution is 7.13. The maximum Gasteiger partial charge on any atom is 0.167 e. The number of hydrogen-bond donors (Lipinski definition) is 1. The van der Waals surface area contributed by atoms with Crippen molar-refractivity contribution < 1.29 is 13.9 Å². The van der Waals surface area contributed by atoms with Gasteiger partial charge in [-0.2, -0.15) is 0 Å². The Morgan fingerprint density at radius 2 is 2.22 bits per heavy atom. The first-order valence-corrected chi connectivity index (χ1v) is 9.37. The van der Waals surface area contributed by atoms with E-state index in [-0.39, 0.29) is 5.75 Å². The van der Waals surface area contributed by atoms with E-state index in [0.29, 0.717) is 25.3 Å². The average Bonchev–Trinajstić information content (AvgIpc) is 3.29. The topological polar surface area (TPSA) is 74.7 Å². The van der Waals surface area contributed by atoms with Gasteiger partial charge in [0.2, 0.25) is 0 Å². The van der Waals surface area contributed by atoms with Crippen molar-refractivity contribution in [3.63, 3.8) is 0 Å². The van der Waals surface area contributed by atoms with Crippen molar-refractivity contribution in [3.05, 3.63) is 52.5 Å². The number of aromatic nitrogens is 2. The lowest BCUT2D eigenvalue weighted by atomic mass is 10.2. The van der Waals surface area contributed by atoms with Gasteiger partial charge >= 0.3 is 0 Å². The molecule has 0 saturated heterocycles. The van der Waals surface area contributed by atoms with Crippen molar-refractivity contribution in [1.29, 1.82) is 0 Å². The molecule has 0 aliphatic carbocycles. The molecule has 1 aliphatic rings. The summed E-state index contributed by atoms with van der Waals surface area (Å²) in [5.74, 6) is 0.421. The smallest absolute Gasteiger partial charge is 0.167 e. The Morgan fingerprint density at radius 1 is 1.33 bits per heavy atom. The Labute approximate surface area is 159 Å². The maximum absolute atomic E-state index is 14.1. The molecule has 2 aromatic heterocycles. The third-order valence-electron chi connectivity index (χ3n) is 4.22. The number of ether oxygens (including phenoxy) is 2.